The van der Waals surface area contributed by atoms with E-state index in [4.69, 9.17) is 0 Å². The third-order valence-electron chi connectivity index (χ3n) is 6.03. The van der Waals surface area contributed by atoms with E-state index in [1.54, 1.807) is 30.5 Å². The molecule has 7 nitrogen and oxygen atoms in total. The van der Waals surface area contributed by atoms with Crippen molar-refractivity contribution in [2.45, 2.75) is 32.5 Å². The molecule has 0 aliphatic heterocycles. The number of hydrogen-bond donors (Lipinski definition) is 1. The first-order valence-electron chi connectivity index (χ1n) is 11.8. The summed E-state index contributed by atoms with van der Waals surface area (Å²) in [5, 5.41) is 10.7. The summed E-state index contributed by atoms with van der Waals surface area (Å²) >= 11 is 3.32. The SMILES string of the molecule is CC(C)c1ccc(-c2cc(C(F)(F)F)n3nc(C(=O)Nc4nn(Cc5ccc(F)cc5)cc4Br)cc3n2)cc1. The van der Waals surface area contributed by atoms with E-state index in [0.717, 1.165) is 17.2 Å². The molecule has 200 valence electrons. The first kappa shape index (κ1) is 26.5. The minimum absolute atomic E-state index is 0.110. The number of nitrogens with one attached hydrogen (secondary N) is 1. The summed E-state index contributed by atoms with van der Waals surface area (Å²) in [6.07, 6.45) is -3.13. The van der Waals surface area contributed by atoms with Gasteiger partial charge in [-0.1, -0.05) is 50.2 Å². The summed E-state index contributed by atoms with van der Waals surface area (Å²) in [6, 6.07) is 15.1. The van der Waals surface area contributed by atoms with Gasteiger partial charge in [-0.15, -0.1) is 0 Å². The Labute approximate surface area is 228 Å². The van der Waals surface area contributed by atoms with Crippen LogP contribution in [0.4, 0.5) is 23.4 Å². The Morgan fingerprint density at radius 2 is 1.72 bits per heavy atom. The summed E-state index contributed by atoms with van der Waals surface area (Å²) in [4.78, 5) is 17.3. The van der Waals surface area contributed by atoms with Crippen molar-refractivity contribution in [1.82, 2.24) is 24.4 Å². The van der Waals surface area contributed by atoms with Crippen LogP contribution in [0.15, 0.2) is 71.3 Å². The number of fused-ring (bicyclic) bond motifs is 1. The average Bonchev–Trinajstić information content (AvgIpc) is 3.47. The van der Waals surface area contributed by atoms with Crippen molar-refractivity contribution in [3.8, 4) is 11.3 Å². The molecule has 0 bridgehead atoms. The van der Waals surface area contributed by atoms with Crippen LogP contribution in [0.2, 0.25) is 0 Å². The van der Waals surface area contributed by atoms with Gasteiger partial charge in [0.05, 0.1) is 16.7 Å². The van der Waals surface area contributed by atoms with Crippen molar-refractivity contribution >= 4 is 33.3 Å². The molecule has 12 heteroatoms. The van der Waals surface area contributed by atoms with Crippen molar-refractivity contribution in [1.29, 1.82) is 0 Å². The molecule has 0 saturated carbocycles. The molecule has 0 aliphatic carbocycles. The molecule has 3 heterocycles. The van der Waals surface area contributed by atoms with Crippen LogP contribution in [0.3, 0.4) is 0 Å². The van der Waals surface area contributed by atoms with Crippen LogP contribution in [0.25, 0.3) is 16.9 Å². The van der Waals surface area contributed by atoms with E-state index < -0.39 is 17.8 Å². The second kappa shape index (κ2) is 10.3. The standard InChI is InChI=1S/C27H21BrF4N6O/c1-15(2)17-5-7-18(8-6-17)21-11-23(27(30,31)32)38-24(33-21)12-22(35-38)26(39)34-25-20(28)14-37(36-25)13-16-3-9-19(29)10-4-16/h3-12,14-15H,13H2,1-2H3,(H,34,36,39). The molecule has 0 aliphatic rings. The Bertz CT molecular complexity index is 1660. The number of carbonyl (C=O) groups is 1. The maximum Gasteiger partial charge on any atom is 0.433 e. The van der Waals surface area contributed by atoms with Gasteiger partial charge in [0, 0.05) is 17.8 Å². The highest BCUT2D eigenvalue weighted by atomic mass is 79.9. The van der Waals surface area contributed by atoms with Gasteiger partial charge in [0.1, 0.15) is 5.82 Å². The number of alkyl halides is 3. The Hall–Kier alpha value is -4.06. The van der Waals surface area contributed by atoms with Crippen LogP contribution in [0.5, 0.6) is 0 Å². The molecule has 1 amide bonds. The van der Waals surface area contributed by atoms with Gasteiger partial charge >= 0.3 is 6.18 Å². The lowest BCUT2D eigenvalue weighted by atomic mass is 10.0. The molecule has 0 atom stereocenters. The maximum absolute atomic E-state index is 14.0. The number of halogens is 5. The van der Waals surface area contributed by atoms with Gasteiger partial charge in [0.15, 0.2) is 22.9 Å². The fourth-order valence-corrected chi connectivity index (χ4v) is 4.40. The number of nitrogens with zero attached hydrogens (tertiary/aromatic N) is 5. The van der Waals surface area contributed by atoms with E-state index in [1.807, 2.05) is 26.0 Å². The smallest absolute Gasteiger partial charge is 0.303 e. The molecule has 5 aromatic rings. The summed E-state index contributed by atoms with van der Waals surface area (Å²) in [5.41, 5.74) is 1.00. The predicted octanol–water partition coefficient (Wildman–Crippen LogP) is 6.94. The van der Waals surface area contributed by atoms with Crippen LogP contribution >= 0.6 is 15.9 Å². The molecule has 0 saturated heterocycles. The summed E-state index contributed by atoms with van der Waals surface area (Å²) in [6.45, 7) is 4.35. The topological polar surface area (TPSA) is 77.1 Å². The number of anilines is 1. The van der Waals surface area contributed by atoms with Crippen molar-refractivity contribution < 1.29 is 22.4 Å². The van der Waals surface area contributed by atoms with E-state index in [1.165, 1.54) is 22.9 Å². The van der Waals surface area contributed by atoms with Gasteiger partial charge in [0.2, 0.25) is 0 Å². The highest BCUT2D eigenvalue weighted by Gasteiger charge is 2.35. The molecule has 39 heavy (non-hydrogen) atoms. The van der Waals surface area contributed by atoms with Gasteiger partial charge in [-0.25, -0.2) is 13.9 Å². The van der Waals surface area contributed by atoms with Crippen molar-refractivity contribution in [3.05, 3.63) is 99.7 Å². The fourth-order valence-electron chi connectivity index (χ4n) is 3.99. The molecule has 5 rings (SSSR count). The van der Waals surface area contributed by atoms with E-state index in [0.29, 0.717) is 21.1 Å². The van der Waals surface area contributed by atoms with Crippen molar-refractivity contribution in [2.24, 2.45) is 0 Å². The fraction of sp³-hybridized carbons (Fsp3) is 0.185. The van der Waals surface area contributed by atoms with E-state index in [2.05, 4.69) is 36.4 Å². The van der Waals surface area contributed by atoms with Crippen molar-refractivity contribution in [3.63, 3.8) is 0 Å². The zero-order valence-corrected chi connectivity index (χ0v) is 22.3. The predicted molar refractivity (Wildman–Crippen MR) is 141 cm³/mol. The third-order valence-corrected chi connectivity index (χ3v) is 6.61. The van der Waals surface area contributed by atoms with Crippen LogP contribution in [-0.2, 0) is 12.7 Å². The van der Waals surface area contributed by atoms with Gasteiger partial charge in [-0.3, -0.25) is 9.48 Å². The lowest BCUT2D eigenvalue weighted by molar-refractivity contribution is -0.142. The first-order valence-corrected chi connectivity index (χ1v) is 12.6. The molecule has 0 radical (unpaired) electrons. The molecule has 2 aromatic carbocycles. The van der Waals surface area contributed by atoms with Gasteiger partial charge < -0.3 is 5.32 Å². The molecular weight excluding hydrogens is 580 g/mol. The zero-order chi connectivity index (χ0) is 27.9. The maximum atomic E-state index is 14.0. The average molecular weight is 601 g/mol. The molecule has 3 aromatic heterocycles. The Morgan fingerprint density at radius 1 is 1.03 bits per heavy atom. The van der Waals surface area contributed by atoms with Crippen LogP contribution in [0, 0.1) is 5.82 Å². The normalized spacial score (nSPS) is 11.9. The minimum atomic E-state index is -4.74. The number of rotatable bonds is 6. The second-order valence-electron chi connectivity index (χ2n) is 9.20. The molecule has 1 N–H and O–H groups in total. The first-order chi connectivity index (χ1) is 18.5. The van der Waals surface area contributed by atoms with Crippen LogP contribution in [0.1, 0.15) is 47.1 Å². The highest BCUT2D eigenvalue weighted by Crippen LogP contribution is 2.33. The van der Waals surface area contributed by atoms with Crippen LogP contribution in [-0.4, -0.2) is 30.3 Å². The zero-order valence-electron chi connectivity index (χ0n) is 20.7. The Morgan fingerprint density at radius 3 is 2.36 bits per heavy atom. The van der Waals surface area contributed by atoms with Gasteiger partial charge in [0.25, 0.3) is 5.91 Å². The molecule has 0 unspecified atom stereocenters. The Balaban J connectivity index is 1.44. The Kier molecular flexibility index (Phi) is 6.98. The van der Waals surface area contributed by atoms with E-state index in [9.17, 15) is 22.4 Å². The van der Waals surface area contributed by atoms with Gasteiger partial charge in [-0.2, -0.15) is 23.4 Å². The molecule has 0 spiro atoms. The van der Waals surface area contributed by atoms with Crippen LogP contribution < -0.4 is 5.32 Å². The largest absolute Gasteiger partial charge is 0.433 e. The highest BCUT2D eigenvalue weighted by molar-refractivity contribution is 9.10. The lowest BCUT2D eigenvalue weighted by Gasteiger charge is -2.11. The quantitative estimate of drug-likeness (QED) is 0.214. The van der Waals surface area contributed by atoms with E-state index in [-0.39, 0.29) is 34.6 Å². The van der Waals surface area contributed by atoms with Crippen molar-refractivity contribution in [2.75, 3.05) is 5.32 Å². The van der Waals surface area contributed by atoms with E-state index >= 15 is 0 Å². The third kappa shape index (κ3) is 5.70. The number of benzene rings is 2. The summed E-state index contributed by atoms with van der Waals surface area (Å²) < 4.78 is 57.7. The molecule has 0 fully saturated rings. The number of hydrogen-bond acceptors (Lipinski definition) is 4. The summed E-state index contributed by atoms with van der Waals surface area (Å²) in [7, 11) is 0. The minimum Gasteiger partial charge on any atom is -0.303 e. The number of amides is 1. The monoisotopic (exact) mass is 600 g/mol. The second-order valence-corrected chi connectivity index (χ2v) is 10.1. The summed E-state index contributed by atoms with van der Waals surface area (Å²) in [5.74, 6) is -0.705. The lowest BCUT2D eigenvalue weighted by Crippen LogP contribution is -2.16. The number of carbonyl (C=O) groups excluding carboxylic acids is 1. The van der Waals surface area contributed by atoms with Gasteiger partial charge in [-0.05, 0) is 51.2 Å². The molecular formula is C27H21BrF4N6O. The number of aromatic nitrogens is 5.